The van der Waals surface area contributed by atoms with Crippen LogP contribution in [0, 0.1) is 5.92 Å². The molecular weight excluding hydrogens is 150 g/mol. The highest BCUT2D eigenvalue weighted by Gasteiger charge is 2.33. The van der Waals surface area contributed by atoms with Gasteiger partial charge in [-0.3, -0.25) is 9.69 Å². The Bertz CT molecular complexity index is 186. The van der Waals surface area contributed by atoms with Crippen LogP contribution in [0.1, 0.15) is 32.6 Å². The number of piperidine rings is 1. The zero-order valence-corrected chi connectivity index (χ0v) is 7.75. The van der Waals surface area contributed by atoms with Gasteiger partial charge in [0.15, 0.2) is 0 Å². The summed E-state index contributed by atoms with van der Waals surface area (Å²) in [4.78, 5) is 13.7. The number of hydrogen-bond acceptors (Lipinski definition) is 2. The second-order valence-corrected chi connectivity index (χ2v) is 4.18. The van der Waals surface area contributed by atoms with E-state index in [4.69, 9.17) is 0 Å². The van der Waals surface area contributed by atoms with E-state index in [1.807, 2.05) is 0 Å². The normalized spacial score (nSPS) is 31.9. The van der Waals surface area contributed by atoms with Crippen molar-refractivity contribution in [2.75, 3.05) is 13.1 Å². The van der Waals surface area contributed by atoms with Crippen LogP contribution in [0.4, 0.5) is 0 Å². The summed E-state index contributed by atoms with van der Waals surface area (Å²) in [5.41, 5.74) is 0. The number of rotatable bonds is 2. The summed E-state index contributed by atoms with van der Waals surface area (Å²) in [6.45, 7) is 4.01. The van der Waals surface area contributed by atoms with Crippen LogP contribution in [-0.2, 0) is 4.79 Å². The van der Waals surface area contributed by atoms with Crippen LogP contribution in [-0.4, -0.2) is 29.8 Å². The zero-order chi connectivity index (χ0) is 8.55. The molecule has 2 heteroatoms. The largest absolute Gasteiger partial charge is 0.300 e. The summed E-state index contributed by atoms with van der Waals surface area (Å²) in [6.07, 6.45) is 5.08. The average Bonchev–Trinajstić information content (AvgIpc) is 2.87. The van der Waals surface area contributed by atoms with Crippen LogP contribution >= 0.6 is 0 Å². The van der Waals surface area contributed by atoms with Crippen LogP contribution in [0.2, 0.25) is 0 Å². The molecule has 1 heterocycles. The summed E-state index contributed by atoms with van der Waals surface area (Å²) >= 11 is 0. The first-order valence-electron chi connectivity index (χ1n) is 5.02. The van der Waals surface area contributed by atoms with Gasteiger partial charge in [0.25, 0.3) is 0 Å². The molecule has 0 aromatic carbocycles. The van der Waals surface area contributed by atoms with Crippen LogP contribution in [0.25, 0.3) is 0 Å². The van der Waals surface area contributed by atoms with E-state index >= 15 is 0 Å². The van der Waals surface area contributed by atoms with Crippen molar-refractivity contribution in [3.8, 4) is 0 Å². The Balaban J connectivity index is 1.89. The number of carbonyl (C=O) groups excluding carboxylic acids is 1. The molecule has 0 spiro atoms. The minimum Gasteiger partial charge on any atom is -0.300 e. The van der Waals surface area contributed by atoms with E-state index in [0.717, 1.165) is 19.0 Å². The lowest BCUT2D eigenvalue weighted by atomic mass is 9.94. The second kappa shape index (κ2) is 3.17. The molecule has 1 saturated heterocycles. The fourth-order valence-corrected chi connectivity index (χ4v) is 2.11. The van der Waals surface area contributed by atoms with Gasteiger partial charge in [-0.2, -0.15) is 0 Å². The van der Waals surface area contributed by atoms with Gasteiger partial charge < -0.3 is 0 Å². The predicted molar refractivity (Wildman–Crippen MR) is 48.0 cm³/mol. The Kier molecular flexibility index (Phi) is 2.18. The minimum atomic E-state index is 0.347. The van der Waals surface area contributed by atoms with E-state index in [0.29, 0.717) is 11.7 Å². The molecule has 0 N–H and O–H groups in total. The van der Waals surface area contributed by atoms with Crippen molar-refractivity contribution in [1.29, 1.82) is 0 Å². The third-order valence-corrected chi connectivity index (χ3v) is 3.09. The molecule has 0 bridgehead atoms. The third kappa shape index (κ3) is 1.69. The number of carbonyl (C=O) groups is 1. The molecule has 2 rings (SSSR count). The van der Waals surface area contributed by atoms with Gasteiger partial charge in [0, 0.05) is 18.5 Å². The van der Waals surface area contributed by atoms with E-state index in [9.17, 15) is 4.79 Å². The van der Waals surface area contributed by atoms with Crippen molar-refractivity contribution in [3.63, 3.8) is 0 Å². The number of hydrogen-bond donors (Lipinski definition) is 0. The Morgan fingerprint density at radius 1 is 1.33 bits per heavy atom. The van der Waals surface area contributed by atoms with Gasteiger partial charge in [-0.25, -0.2) is 0 Å². The molecule has 2 nitrogen and oxygen atoms in total. The maximum atomic E-state index is 11.2. The highest BCUT2D eigenvalue weighted by Crippen LogP contribution is 2.30. The molecule has 0 aromatic rings. The Labute approximate surface area is 73.9 Å². The molecule has 1 aliphatic heterocycles. The van der Waals surface area contributed by atoms with Crippen molar-refractivity contribution < 1.29 is 4.79 Å². The van der Waals surface area contributed by atoms with Gasteiger partial charge in [-0.1, -0.05) is 0 Å². The summed E-state index contributed by atoms with van der Waals surface area (Å²) in [5.74, 6) is 0.736. The van der Waals surface area contributed by atoms with Crippen molar-refractivity contribution in [2.45, 2.75) is 38.6 Å². The highest BCUT2D eigenvalue weighted by molar-refractivity contribution is 5.78. The maximum Gasteiger partial charge on any atom is 0.134 e. The van der Waals surface area contributed by atoms with Crippen molar-refractivity contribution in [2.24, 2.45) is 5.92 Å². The zero-order valence-electron chi connectivity index (χ0n) is 7.75. The lowest BCUT2D eigenvalue weighted by Crippen LogP contribution is -2.39. The van der Waals surface area contributed by atoms with Gasteiger partial charge in [0.2, 0.25) is 0 Å². The average molecular weight is 167 g/mol. The molecule has 1 saturated carbocycles. The van der Waals surface area contributed by atoms with Gasteiger partial charge in [0.1, 0.15) is 5.78 Å². The molecule has 0 radical (unpaired) electrons. The van der Waals surface area contributed by atoms with E-state index < -0.39 is 0 Å². The first-order chi connectivity index (χ1) is 5.77. The topological polar surface area (TPSA) is 20.3 Å². The molecule has 12 heavy (non-hydrogen) atoms. The molecule has 0 amide bonds. The van der Waals surface area contributed by atoms with Crippen LogP contribution in [0.15, 0.2) is 0 Å². The van der Waals surface area contributed by atoms with E-state index in [1.165, 1.54) is 25.8 Å². The molecule has 2 fully saturated rings. The Morgan fingerprint density at radius 3 is 2.67 bits per heavy atom. The number of nitrogens with zero attached hydrogens (tertiary/aromatic N) is 1. The smallest absolute Gasteiger partial charge is 0.134 e. The summed E-state index contributed by atoms with van der Waals surface area (Å²) in [5, 5.41) is 0. The fourth-order valence-electron chi connectivity index (χ4n) is 2.11. The highest BCUT2D eigenvalue weighted by atomic mass is 16.1. The lowest BCUT2D eigenvalue weighted by molar-refractivity contribution is -0.122. The monoisotopic (exact) mass is 167 g/mol. The number of ketones is 1. The van der Waals surface area contributed by atoms with Crippen LogP contribution in [0.3, 0.4) is 0 Å². The summed E-state index contributed by atoms with van der Waals surface area (Å²) in [7, 11) is 0. The van der Waals surface area contributed by atoms with Gasteiger partial charge in [-0.15, -0.1) is 0 Å². The summed E-state index contributed by atoms with van der Waals surface area (Å²) in [6, 6.07) is 0.840. The molecular formula is C10H17NO. The number of Topliss-reactive ketones (excluding diaryl/α,β-unsaturated/α-hetero) is 1. The molecule has 0 unspecified atom stereocenters. The quantitative estimate of drug-likeness (QED) is 0.620. The lowest BCUT2D eigenvalue weighted by Gasteiger charge is -2.31. The van der Waals surface area contributed by atoms with Crippen LogP contribution < -0.4 is 0 Å². The van der Waals surface area contributed by atoms with Crippen molar-refractivity contribution in [3.05, 3.63) is 0 Å². The van der Waals surface area contributed by atoms with Gasteiger partial charge >= 0.3 is 0 Å². The molecule has 68 valence electrons. The molecule has 1 aliphatic carbocycles. The van der Waals surface area contributed by atoms with E-state index in [1.54, 1.807) is 6.92 Å². The van der Waals surface area contributed by atoms with Gasteiger partial charge in [-0.05, 0) is 39.2 Å². The van der Waals surface area contributed by atoms with Gasteiger partial charge in [0.05, 0.1) is 0 Å². The maximum absolute atomic E-state index is 11.2. The predicted octanol–water partition coefficient (Wildman–Crippen LogP) is 1.45. The Morgan fingerprint density at radius 2 is 2.08 bits per heavy atom. The molecule has 1 atom stereocenters. The van der Waals surface area contributed by atoms with Crippen molar-refractivity contribution in [1.82, 2.24) is 4.90 Å². The Hall–Kier alpha value is -0.370. The number of likely N-dealkylation sites (tertiary alicyclic amines) is 1. The summed E-state index contributed by atoms with van der Waals surface area (Å²) < 4.78 is 0. The SMILES string of the molecule is CC(=O)[C@@H]1CCCN(C2CC2)C1. The van der Waals surface area contributed by atoms with E-state index in [-0.39, 0.29) is 0 Å². The fraction of sp³-hybridized carbons (Fsp3) is 0.900. The minimum absolute atomic E-state index is 0.347. The standard InChI is InChI=1S/C10H17NO/c1-8(12)9-3-2-6-11(7-9)10-4-5-10/h9-10H,2-7H2,1H3/t9-/m1/s1. The molecule has 0 aromatic heterocycles. The second-order valence-electron chi connectivity index (χ2n) is 4.18. The van der Waals surface area contributed by atoms with Crippen molar-refractivity contribution >= 4 is 5.78 Å². The molecule has 2 aliphatic rings. The van der Waals surface area contributed by atoms with E-state index in [2.05, 4.69) is 4.90 Å². The first kappa shape index (κ1) is 8.24. The first-order valence-corrected chi connectivity index (χ1v) is 5.02. The van der Waals surface area contributed by atoms with Crippen LogP contribution in [0.5, 0.6) is 0 Å². The third-order valence-electron chi connectivity index (χ3n) is 3.09.